The Morgan fingerprint density at radius 3 is 2.67 bits per heavy atom. The van der Waals surface area contributed by atoms with Crippen LogP contribution in [0.3, 0.4) is 0 Å². The van der Waals surface area contributed by atoms with Crippen molar-refractivity contribution in [2.45, 2.75) is 26.3 Å². The molecule has 0 saturated heterocycles. The molecule has 0 aromatic carbocycles. The molecule has 0 amide bonds. The Hall–Kier alpha value is -1.83. The molecule has 1 unspecified atom stereocenters. The number of hydrogen-bond acceptors (Lipinski definition) is 7. The first-order valence-corrected chi connectivity index (χ1v) is 7.81. The van der Waals surface area contributed by atoms with Crippen LogP contribution in [0.2, 0.25) is 0 Å². The van der Waals surface area contributed by atoms with Crippen LogP contribution in [0.15, 0.2) is 12.1 Å². The van der Waals surface area contributed by atoms with E-state index in [4.69, 9.17) is 9.84 Å². The molecule has 0 aliphatic heterocycles. The van der Waals surface area contributed by atoms with Crippen LogP contribution in [-0.2, 0) is 9.53 Å². The third-order valence-corrected chi connectivity index (χ3v) is 3.46. The highest BCUT2D eigenvalue weighted by atomic mass is 32.2. The van der Waals surface area contributed by atoms with Gasteiger partial charge in [-0.05, 0) is 37.0 Å². The molecule has 0 spiro atoms. The maximum atomic E-state index is 11.4. The summed E-state index contributed by atoms with van der Waals surface area (Å²) in [7, 11) is 0. The second-order valence-electron chi connectivity index (χ2n) is 4.05. The SMILES string of the molecule is CCOC(=O)c1ccc(NC(CCSCC)C(=O)O)nn1. The summed E-state index contributed by atoms with van der Waals surface area (Å²) in [6.45, 7) is 3.98. The number of carbonyl (C=O) groups is 2. The number of ether oxygens (including phenoxy) is 1. The van der Waals surface area contributed by atoms with Gasteiger partial charge in [-0.3, -0.25) is 0 Å². The molecule has 1 rings (SSSR count). The zero-order valence-electron chi connectivity index (χ0n) is 12.0. The first-order valence-electron chi connectivity index (χ1n) is 6.66. The van der Waals surface area contributed by atoms with Gasteiger partial charge in [0, 0.05) is 0 Å². The molecule has 1 aromatic heterocycles. The van der Waals surface area contributed by atoms with E-state index in [1.807, 2.05) is 6.92 Å². The third-order valence-electron chi connectivity index (χ3n) is 2.52. The molecule has 21 heavy (non-hydrogen) atoms. The molecule has 8 heteroatoms. The number of thioether (sulfide) groups is 1. The highest BCUT2D eigenvalue weighted by Crippen LogP contribution is 2.10. The van der Waals surface area contributed by atoms with Gasteiger partial charge >= 0.3 is 11.9 Å². The van der Waals surface area contributed by atoms with E-state index < -0.39 is 18.0 Å². The molecule has 0 aliphatic rings. The zero-order chi connectivity index (χ0) is 15.7. The van der Waals surface area contributed by atoms with Gasteiger partial charge in [0.1, 0.15) is 11.9 Å². The predicted molar refractivity (Wildman–Crippen MR) is 80.7 cm³/mol. The average molecular weight is 313 g/mol. The first kappa shape index (κ1) is 17.2. The monoisotopic (exact) mass is 313 g/mol. The van der Waals surface area contributed by atoms with Crippen LogP contribution in [0.5, 0.6) is 0 Å². The van der Waals surface area contributed by atoms with E-state index in [0.717, 1.165) is 11.5 Å². The lowest BCUT2D eigenvalue weighted by Gasteiger charge is -2.14. The molecule has 2 N–H and O–H groups in total. The van der Waals surface area contributed by atoms with Crippen LogP contribution < -0.4 is 5.32 Å². The van der Waals surface area contributed by atoms with Crippen molar-refractivity contribution in [2.24, 2.45) is 0 Å². The Labute approximate surface area is 127 Å². The summed E-state index contributed by atoms with van der Waals surface area (Å²) in [5.41, 5.74) is 0.0933. The minimum atomic E-state index is -0.942. The van der Waals surface area contributed by atoms with Crippen LogP contribution >= 0.6 is 11.8 Å². The van der Waals surface area contributed by atoms with Gasteiger partial charge in [0.2, 0.25) is 0 Å². The maximum Gasteiger partial charge on any atom is 0.358 e. The molecule has 1 aromatic rings. The van der Waals surface area contributed by atoms with E-state index >= 15 is 0 Å². The molecule has 1 heterocycles. The fraction of sp³-hybridized carbons (Fsp3) is 0.538. The molecule has 1 atom stereocenters. The number of carbonyl (C=O) groups excluding carboxylic acids is 1. The highest BCUT2D eigenvalue weighted by molar-refractivity contribution is 7.99. The van der Waals surface area contributed by atoms with Crippen molar-refractivity contribution in [3.63, 3.8) is 0 Å². The van der Waals surface area contributed by atoms with Crippen LogP contribution in [-0.4, -0.2) is 51.4 Å². The molecule has 0 bridgehead atoms. The second-order valence-corrected chi connectivity index (χ2v) is 5.44. The van der Waals surface area contributed by atoms with Gasteiger partial charge in [0.15, 0.2) is 5.69 Å². The van der Waals surface area contributed by atoms with E-state index in [1.165, 1.54) is 12.1 Å². The largest absolute Gasteiger partial charge is 0.480 e. The van der Waals surface area contributed by atoms with Crippen LogP contribution in [0.25, 0.3) is 0 Å². The summed E-state index contributed by atoms with van der Waals surface area (Å²) in [5, 5.41) is 19.5. The van der Waals surface area contributed by atoms with Gasteiger partial charge in [-0.15, -0.1) is 10.2 Å². The van der Waals surface area contributed by atoms with Crippen molar-refractivity contribution < 1.29 is 19.4 Å². The first-order chi connectivity index (χ1) is 10.1. The molecule has 116 valence electrons. The molecule has 0 saturated carbocycles. The van der Waals surface area contributed by atoms with Crippen molar-refractivity contribution in [1.29, 1.82) is 0 Å². The minimum absolute atomic E-state index is 0.0933. The number of rotatable bonds is 9. The lowest BCUT2D eigenvalue weighted by molar-refractivity contribution is -0.137. The van der Waals surface area contributed by atoms with Gasteiger partial charge in [-0.1, -0.05) is 6.92 Å². The number of nitrogens with zero attached hydrogens (tertiary/aromatic N) is 2. The summed E-state index contributed by atoms with van der Waals surface area (Å²) in [5.74, 6) is 0.514. The minimum Gasteiger partial charge on any atom is -0.480 e. The standard InChI is InChI=1S/C13H19N3O4S/c1-3-20-13(19)10-5-6-11(16-15-10)14-9(12(17)18)7-8-21-4-2/h5-6,9H,3-4,7-8H2,1-2H3,(H,14,16)(H,17,18). The Bertz CT molecular complexity index is 467. The van der Waals surface area contributed by atoms with Crippen molar-refractivity contribution in [1.82, 2.24) is 10.2 Å². The summed E-state index contributed by atoms with van der Waals surface area (Å²) in [6, 6.07) is 2.24. The molecular formula is C13H19N3O4S. The molecular weight excluding hydrogens is 294 g/mol. The fourth-order valence-electron chi connectivity index (χ4n) is 1.50. The van der Waals surface area contributed by atoms with Crippen molar-refractivity contribution in [2.75, 3.05) is 23.4 Å². The van der Waals surface area contributed by atoms with Gasteiger partial charge < -0.3 is 15.2 Å². The number of anilines is 1. The average Bonchev–Trinajstić information content (AvgIpc) is 2.47. The van der Waals surface area contributed by atoms with E-state index in [9.17, 15) is 9.59 Å². The quantitative estimate of drug-likeness (QED) is 0.524. The number of esters is 1. The van der Waals surface area contributed by atoms with Crippen LogP contribution in [0.4, 0.5) is 5.82 Å². The van der Waals surface area contributed by atoms with Crippen molar-refractivity contribution in [3.8, 4) is 0 Å². The fourth-order valence-corrected chi connectivity index (χ4v) is 2.20. The molecule has 7 nitrogen and oxygen atoms in total. The number of hydrogen-bond donors (Lipinski definition) is 2. The lowest BCUT2D eigenvalue weighted by Crippen LogP contribution is -2.30. The lowest BCUT2D eigenvalue weighted by atomic mass is 10.2. The van der Waals surface area contributed by atoms with E-state index in [2.05, 4.69) is 15.5 Å². The Kier molecular flexibility index (Phi) is 7.52. The van der Waals surface area contributed by atoms with Gasteiger partial charge in [0.05, 0.1) is 6.61 Å². The predicted octanol–water partition coefficient (Wildman–Crippen LogP) is 1.66. The summed E-state index contributed by atoms with van der Waals surface area (Å²) in [6.07, 6.45) is 0.481. The van der Waals surface area contributed by atoms with Gasteiger partial charge in [-0.2, -0.15) is 11.8 Å². The van der Waals surface area contributed by atoms with Crippen molar-refractivity contribution in [3.05, 3.63) is 17.8 Å². The number of aliphatic carboxylic acids is 1. The Morgan fingerprint density at radius 2 is 2.14 bits per heavy atom. The number of nitrogens with one attached hydrogen (secondary N) is 1. The summed E-state index contributed by atoms with van der Waals surface area (Å²) in [4.78, 5) is 22.6. The number of aromatic nitrogens is 2. The normalized spacial score (nSPS) is 11.7. The Balaban J connectivity index is 2.63. The van der Waals surface area contributed by atoms with Crippen LogP contribution in [0, 0.1) is 0 Å². The number of carboxylic acid groups (broad SMARTS) is 1. The van der Waals surface area contributed by atoms with Crippen LogP contribution in [0.1, 0.15) is 30.8 Å². The maximum absolute atomic E-state index is 11.4. The third kappa shape index (κ3) is 5.99. The second kappa shape index (κ2) is 9.17. The van der Waals surface area contributed by atoms with Crippen molar-refractivity contribution >= 4 is 29.5 Å². The number of carboxylic acids is 1. The smallest absolute Gasteiger partial charge is 0.358 e. The molecule has 0 radical (unpaired) electrons. The summed E-state index contributed by atoms with van der Waals surface area (Å²) >= 11 is 1.68. The van der Waals surface area contributed by atoms with E-state index in [1.54, 1.807) is 18.7 Å². The summed E-state index contributed by atoms with van der Waals surface area (Å²) < 4.78 is 4.79. The topological polar surface area (TPSA) is 101 Å². The Morgan fingerprint density at radius 1 is 1.38 bits per heavy atom. The van der Waals surface area contributed by atoms with Gasteiger partial charge in [0.25, 0.3) is 0 Å². The van der Waals surface area contributed by atoms with E-state index in [-0.39, 0.29) is 12.3 Å². The molecule has 0 aliphatic carbocycles. The zero-order valence-corrected chi connectivity index (χ0v) is 12.9. The van der Waals surface area contributed by atoms with Gasteiger partial charge in [-0.25, -0.2) is 9.59 Å². The highest BCUT2D eigenvalue weighted by Gasteiger charge is 2.18. The van der Waals surface area contributed by atoms with E-state index in [0.29, 0.717) is 12.2 Å². The molecule has 0 fully saturated rings.